The Hall–Kier alpha value is -2.72. The fourth-order valence-electron chi connectivity index (χ4n) is 1.94. The first-order valence-electron chi connectivity index (χ1n) is 6.74. The minimum atomic E-state index is -0.691. The molecule has 0 spiro atoms. The maximum atomic E-state index is 12.4. The summed E-state index contributed by atoms with van der Waals surface area (Å²) in [6, 6.07) is 13.7. The number of aliphatic hydroxyl groups excluding tert-OH is 1. The molecule has 0 saturated heterocycles. The molecule has 0 amide bonds. The third-order valence-electron chi connectivity index (χ3n) is 3.17. The Kier molecular flexibility index (Phi) is 4.86. The second-order valence-corrected chi connectivity index (χ2v) is 4.82. The third-order valence-corrected chi connectivity index (χ3v) is 3.17. The molecule has 0 atom stereocenters. The monoisotopic (exact) mass is 296 g/mol. The number of carbonyl (C=O) groups excluding carboxylic acids is 2. The second kappa shape index (κ2) is 6.83. The van der Waals surface area contributed by atoms with Crippen LogP contribution in [0.3, 0.4) is 0 Å². The van der Waals surface area contributed by atoms with Crippen molar-refractivity contribution in [3.05, 3.63) is 77.4 Å². The van der Waals surface area contributed by atoms with Gasteiger partial charge in [0.2, 0.25) is 0 Å². The van der Waals surface area contributed by atoms with Gasteiger partial charge in [0.1, 0.15) is 5.75 Å². The minimum Gasteiger partial charge on any atom is -0.423 e. The van der Waals surface area contributed by atoms with Crippen LogP contribution in [0.5, 0.6) is 5.75 Å². The van der Waals surface area contributed by atoms with Crippen molar-refractivity contribution in [1.82, 2.24) is 0 Å². The average molecular weight is 296 g/mol. The highest BCUT2D eigenvalue weighted by Crippen LogP contribution is 2.20. The van der Waals surface area contributed by atoms with Gasteiger partial charge in [-0.15, -0.1) is 0 Å². The van der Waals surface area contributed by atoms with E-state index in [1.807, 2.05) is 6.07 Å². The van der Waals surface area contributed by atoms with Crippen molar-refractivity contribution < 1.29 is 19.4 Å². The molecule has 0 aromatic heterocycles. The van der Waals surface area contributed by atoms with Crippen LogP contribution < -0.4 is 4.74 Å². The number of rotatable bonds is 5. The summed E-state index contributed by atoms with van der Waals surface area (Å²) in [5.41, 5.74) is 1.83. The van der Waals surface area contributed by atoms with Crippen LogP contribution in [-0.2, 0) is 4.79 Å². The number of carbonyl (C=O) groups is 2. The first kappa shape index (κ1) is 15.7. The molecule has 0 fully saturated rings. The van der Waals surface area contributed by atoms with Crippen molar-refractivity contribution in [1.29, 1.82) is 0 Å². The molecule has 0 radical (unpaired) electrons. The number of aryl methyl sites for hydroxylation is 1. The summed E-state index contributed by atoms with van der Waals surface area (Å²) >= 11 is 0. The van der Waals surface area contributed by atoms with E-state index in [2.05, 4.69) is 6.58 Å². The van der Waals surface area contributed by atoms with E-state index < -0.39 is 12.6 Å². The zero-order valence-electron chi connectivity index (χ0n) is 12.2. The lowest BCUT2D eigenvalue weighted by Crippen LogP contribution is -2.13. The van der Waals surface area contributed by atoms with Crippen LogP contribution in [0.4, 0.5) is 0 Å². The summed E-state index contributed by atoms with van der Waals surface area (Å²) in [6.45, 7) is 4.71. The number of benzene rings is 2. The molecule has 4 heteroatoms. The Morgan fingerprint density at radius 1 is 1.14 bits per heavy atom. The minimum absolute atomic E-state index is 0.0258. The van der Waals surface area contributed by atoms with Gasteiger partial charge in [0, 0.05) is 11.1 Å². The molecule has 112 valence electrons. The standard InChI is InChI=1S/C18H16O4/c1-12-10-15(22-18(21)13(2)11-19)8-9-16(12)17(20)14-6-4-3-5-7-14/h3-10,19H,2,11H2,1H3. The topological polar surface area (TPSA) is 63.6 Å². The van der Waals surface area contributed by atoms with Gasteiger partial charge in [-0.2, -0.15) is 0 Å². The van der Waals surface area contributed by atoms with Crippen LogP contribution in [0, 0.1) is 6.92 Å². The van der Waals surface area contributed by atoms with Gasteiger partial charge in [-0.25, -0.2) is 4.79 Å². The van der Waals surface area contributed by atoms with Crippen molar-refractivity contribution in [3.8, 4) is 5.75 Å². The molecule has 4 nitrogen and oxygen atoms in total. The van der Waals surface area contributed by atoms with E-state index in [1.54, 1.807) is 49.4 Å². The number of ketones is 1. The third kappa shape index (κ3) is 3.48. The molecule has 2 aromatic carbocycles. The van der Waals surface area contributed by atoms with E-state index in [9.17, 15) is 9.59 Å². The smallest absolute Gasteiger partial charge is 0.341 e. The molecule has 22 heavy (non-hydrogen) atoms. The first-order chi connectivity index (χ1) is 10.5. The van der Waals surface area contributed by atoms with E-state index >= 15 is 0 Å². The fourth-order valence-corrected chi connectivity index (χ4v) is 1.94. The number of hydrogen-bond acceptors (Lipinski definition) is 4. The average Bonchev–Trinajstić information content (AvgIpc) is 2.54. The summed E-state index contributed by atoms with van der Waals surface area (Å²) < 4.78 is 5.08. The van der Waals surface area contributed by atoms with E-state index in [0.717, 1.165) is 0 Å². The van der Waals surface area contributed by atoms with Crippen LogP contribution in [0.2, 0.25) is 0 Å². The molecule has 0 aliphatic rings. The summed E-state index contributed by atoms with van der Waals surface area (Å²) in [4.78, 5) is 23.9. The van der Waals surface area contributed by atoms with Gasteiger partial charge in [-0.3, -0.25) is 4.79 Å². The zero-order chi connectivity index (χ0) is 16.1. The predicted octanol–water partition coefficient (Wildman–Crippen LogP) is 2.68. The summed E-state index contributed by atoms with van der Waals surface area (Å²) in [6.07, 6.45) is 0. The molecule has 0 aliphatic carbocycles. The van der Waals surface area contributed by atoms with Crippen LogP contribution in [0.1, 0.15) is 21.5 Å². The lowest BCUT2D eigenvalue weighted by atomic mass is 9.99. The number of esters is 1. The van der Waals surface area contributed by atoms with Crippen molar-refractivity contribution >= 4 is 11.8 Å². The van der Waals surface area contributed by atoms with Crippen LogP contribution >= 0.6 is 0 Å². The molecule has 0 saturated carbocycles. The SMILES string of the molecule is C=C(CO)C(=O)Oc1ccc(C(=O)c2ccccc2)c(C)c1. The Bertz CT molecular complexity index is 717. The van der Waals surface area contributed by atoms with Gasteiger partial charge in [0.25, 0.3) is 0 Å². The molecule has 0 heterocycles. The summed E-state index contributed by atoms with van der Waals surface area (Å²) in [5, 5.41) is 8.84. The molecule has 2 aromatic rings. The van der Waals surface area contributed by atoms with Crippen LogP contribution in [-0.4, -0.2) is 23.5 Å². The summed E-state index contributed by atoms with van der Waals surface area (Å²) in [7, 11) is 0. The highest BCUT2D eigenvalue weighted by Gasteiger charge is 2.14. The van der Waals surface area contributed by atoms with Crippen molar-refractivity contribution in [2.24, 2.45) is 0 Å². The molecular formula is C18H16O4. The highest BCUT2D eigenvalue weighted by atomic mass is 16.5. The van der Waals surface area contributed by atoms with Gasteiger partial charge in [-0.05, 0) is 30.7 Å². The lowest BCUT2D eigenvalue weighted by molar-refractivity contribution is -0.130. The van der Waals surface area contributed by atoms with E-state index in [-0.39, 0.29) is 11.4 Å². The molecular weight excluding hydrogens is 280 g/mol. The molecule has 2 rings (SSSR count). The van der Waals surface area contributed by atoms with Gasteiger partial charge in [0.15, 0.2) is 5.78 Å². The Morgan fingerprint density at radius 3 is 2.41 bits per heavy atom. The van der Waals surface area contributed by atoms with Gasteiger partial charge in [-0.1, -0.05) is 36.9 Å². The predicted molar refractivity (Wildman–Crippen MR) is 82.9 cm³/mol. The number of ether oxygens (including phenoxy) is 1. The Morgan fingerprint density at radius 2 is 1.82 bits per heavy atom. The largest absolute Gasteiger partial charge is 0.423 e. The van der Waals surface area contributed by atoms with Crippen molar-refractivity contribution in [2.75, 3.05) is 6.61 Å². The molecule has 1 N–H and O–H groups in total. The Balaban J connectivity index is 2.22. The molecule has 0 aliphatic heterocycles. The van der Waals surface area contributed by atoms with E-state index in [0.29, 0.717) is 22.4 Å². The maximum Gasteiger partial charge on any atom is 0.341 e. The zero-order valence-corrected chi connectivity index (χ0v) is 12.2. The fraction of sp³-hybridized carbons (Fsp3) is 0.111. The lowest BCUT2D eigenvalue weighted by Gasteiger charge is -2.09. The van der Waals surface area contributed by atoms with Crippen molar-refractivity contribution in [3.63, 3.8) is 0 Å². The number of aliphatic hydroxyl groups is 1. The van der Waals surface area contributed by atoms with E-state index in [4.69, 9.17) is 9.84 Å². The number of hydrogen-bond donors (Lipinski definition) is 1. The Labute approximate surface area is 128 Å². The quantitative estimate of drug-likeness (QED) is 0.399. The molecule has 0 bridgehead atoms. The second-order valence-electron chi connectivity index (χ2n) is 4.82. The van der Waals surface area contributed by atoms with Gasteiger partial charge in [0.05, 0.1) is 12.2 Å². The normalized spacial score (nSPS) is 10.1. The van der Waals surface area contributed by atoms with Crippen molar-refractivity contribution in [2.45, 2.75) is 6.92 Å². The maximum absolute atomic E-state index is 12.4. The van der Waals surface area contributed by atoms with Crippen LogP contribution in [0.25, 0.3) is 0 Å². The molecule has 0 unspecified atom stereocenters. The van der Waals surface area contributed by atoms with Gasteiger partial charge < -0.3 is 9.84 Å². The summed E-state index contributed by atoms with van der Waals surface area (Å²) in [5.74, 6) is -0.471. The van der Waals surface area contributed by atoms with E-state index in [1.165, 1.54) is 0 Å². The van der Waals surface area contributed by atoms with Crippen LogP contribution in [0.15, 0.2) is 60.7 Å². The van der Waals surface area contributed by atoms with Gasteiger partial charge >= 0.3 is 5.97 Å². The highest BCUT2D eigenvalue weighted by molar-refractivity contribution is 6.10. The first-order valence-corrected chi connectivity index (χ1v) is 6.74.